The molecule has 3 heteroatoms. The second-order valence-electron chi connectivity index (χ2n) is 4.11. The van der Waals surface area contributed by atoms with Crippen LogP contribution >= 0.6 is 0 Å². The minimum absolute atomic E-state index is 0.164. The molecule has 1 saturated carbocycles. The Hall–Kier alpha value is -0.860. The highest BCUT2D eigenvalue weighted by Gasteiger charge is 2.36. The third kappa shape index (κ3) is 1.65. The number of Topliss-reactive ketones (excluding diaryl/α,β-unsaturated/α-hetero) is 1. The molecule has 0 bridgehead atoms. The summed E-state index contributed by atoms with van der Waals surface area (Å²) < 4.78 is 0. The van der Waals surface area contributed by atoms with Crippen molar-refractivity contribution in [1.29, 1.82) is 0 Å². The van der Waals surface area contributed by atoms with Crippen LogP contribution in [0.5, 0.6) is 0 Å². The smallest absolute Gasteiger partial charge is 0.133 e. The largest absolute Gasteiger partial charge is 0.550 e. The number of carboxylic acid groups (broad SMARTS) is 1. The Morgan fingerprint density at radius 2 is 2.17 bits per heavy atom. The van der Waals surface area contributed by atoms with Crippen molar-refractivity contribution in [3.05, 3.63) is 0 Å². The first kappa shape index (κ1) is 9.23. The topological polar surface area (TPSA) is 57.2 Å². The van der Waals surface area contributed by atoms with Gasteiger partial charge in [-0.25, -0.2) is 0 Å². The van der Waals surface area contributed by atoms with E-state index >= 15 is 0 Å². The molecule has 1 fully saturated rings. The van der Waals surface area contributed by atoms with Crippen LogP contribution in [0.25, 0.3) is 0 Å². The molecule has 1 aliphatic carbocycles. The predicted molar refractivity (Wildman–Crippen MR) is 41.1 cm³/mol. The van der Waals surface area contributed by atoms with Crippen LogP contribution in [-0.4, -0.2) is 11.8 Å². The summed E-state index contributed by atoms with van der Waals surface area (Å²) in [6.45, 7) is 3.62. The zero-order valence-electron chi connectivity index (χ0n) is 7.42. The molecule has 0 amide bonds. The van der Waals surface area contributed by atoms with E-state index in [4.69, 9.17) is 0 Å². The lowest BCUT2D eigenvalue weighted by Crippen LogP contribution is -2.44. The first-order valence-corrected chi connectivity index (χ1v) is 4.16. The van der Waals surface area contributed by atoms with Crippen LogP contribution in [-0.2, 0) is 9.59 Å². The van der Waals surface area contributed by atoms with Crippen LogP contribution < -0.4 is 5.11 Å². The molecular formula is C9H13O3-. The van der Waals surface area contributed by atoms with Gasteiger partial charge < -0.3 is 9.90 Å². The van der Waals surface area contributed by atoms with E-state index in [0.717, 1.165) is 0 Å². The number of hydrogen-bond acceptors (Lipinski definition) is 3. The number of aliphatic carboxylic acids is 1. The molecule has 0 aliphatic heterocycles. The highest BCUT2D eigenvalue weighted by molar-refractivity contribution is 5.82. The Morgan fingerprint density at radius 1 is 1.58 bits per heavy atom. The summed E-state index contributed by atoms with van der Waals surface area (Å²) in [7, 11) is 0. The fourth-order valence-corrected chi connectivity index (χ4v) is 1.85. The molecule has 12 heavy (non-hydrogen) atoms. The molecule has 0 saturated heterocycles. The molecule has 0 aromatic carbocycles. The van der Waals surface area contributed by atoms with Crippen molar-refractivity contribution >= 4 is 11.8 Å². The fourth-order valence-electron chi connectivity index (χ4n) is 1.85. The van der Waals surface area contributed by atoms with Gasteiger partial charge in [-0.1, -0.05) is 13.8 Å². The molecule has 0 aromatic heterocycles. The molecule has 0 radical (unpaired) electrons. The van der Waals surface area contributed by atoms with Crippen molar-refractivity contribution in [1.82, 2.24) is 0 Å². The standard InChI is InChI=1S/C9H14O3/c1-9(2)5-6(10)3-4-7(9)8(11)12/h7H,3-5H2,1-2H3,(H,11,12)/p-1/t7-/m1/s1. The van der Waals surface area contributed by atoms with Gasteiger partial charge in [0.05, 0.1) is 0 Å². The van der Waals surface area contributed by atoms with Gasteiger partial charge in [-0.05, 0) is 11.8 Å². The van der Waals surface area contributed by atoms with Gasteiger partial charge in [-0.3, -0.25) is 4.79 Å². The van der Waals surface area contributed by atoms with Crippen LogP contribution in [0.4, 0.5) is 0 Å². The van der Waals surface area contributed by atoms with E-state index in [2.05, 4.69) is 0 Å². The van der Waals surface area contributed by atoms with Gasteiger partial charge >= 0.3 is 0 Å². The van der Waals surface area contributed by atoms with Crippen molar-refractivity contribution in [2.75, 3.05) is 0 Å². The number of hydrogen-bond donors (Lipinski definition) is 0. The number of carboxylic acids is 1. The maximum atomic E-state index is 11.0. The number of rotatable bonds is 1. The third-order valence-corrected chi connectivity index (χ3v) is 2.59. The third-order valence-electron chi connectivity index (χ3n) is 2.59. The van der Waals surface area contributed by atoms with E-state index in [1.807, 2.05) is 13.8 Å². The van der Waals surface area contributed by atoms with Crippen molar-refractivity contribution in [3.63, 3.8) is 0 Å². The molecule has 0 unspecified atom stereocenters. The average molecular weight is 169 g/mol. The molecule has 0 spiro atoms. The second kappa shape index (κ2) is 2.88. The molecule has 0 heterocycles. The number of ketones is 1. The van der Waals surface area contributed by atoms with E-state index in [-0.39, 0.29) is 5.78 Å². The molecule has 1 aliphatic rings. The maximum absolute atomic E-state index is 11.0. The summed E-state index contributed by atoms with van der Waals surface area (Å²) in [6, 6.07) is 0. The zero-order chi connectivity index (χ0) is 9.35. The molecule has 1 rings (SSSR count). The van der Waals surface area contributed by atoms with Gasteiger partial charge in [0.25, 0.3) is 0 Å². The van der Waals surface area contributed by atoms with Crippen LogP contribution in [0.2, 0.25) is 0 Å². The molecule has 68 valence electrons. The van der Waals surface area contributed by atoms with Crippen molar-refractivity contribution in [3.8, 4) is 0 Å². The van der Waals surface area contributed by atoms with Gasteiger partial charge in [0.2, 0.25) is 0 Å². The molecular weight excluding hydrogens is 156 g/mol. The van der Waals surface area contributed by atoms with Crippen LogP contribution in [0.15, 0.2) is 0 Å². The first-order valence-electron chi connectivity index (χ1n) is 4.16. The highest BCUT2D eigenvalue weighted by Crippen LogP contribution is 2.38. The molecule has 3 nitrogen and oxygen atoms in total. The zero-order valence-corrected chi connectivity index (χ0v) is 7.42. The lowest BCUT2D eigenvalue weighted by atomic mass is 9.68. The monoisotopic (exact) mass is 169 g/mol. The normalized spacial score (nSPS) is 28.5. The quantitative estimate of drug-likeness (QED) is 0.560. The van der Waals surface area contributed by atoms with E-state index in [9.17, 15) is 14.7 Å². The van der Waals surface area contributed by atoms with Crippen molar-refractivity contribution in [2.45, 2.75) is 33.1 Å². The van der Waals surface area contributed by atoms with E-state index in [1.54, 1.807) is 0 Å². The number of carbonyl (C=O) groups excluding carboxylic acids is 2. The van der Waals surface area contributed by atoms with Gasteiger partial charge in [-0.15, -0.1) is 0 Å². The van der Waals surface area contributed by atoms with E-state index in [1.165, 1.54) is 0 Å². The minimum Gasteiger partial charge on any atom is -0.550 e. The van der Waals surface area contributed by atoms with E-state index in [0.29, 0.717) is 19.3 Å². The maximum Gasteiger partial charge on any atom is 0.133 e. The summed E-state index contributed by atoms with van der Waals surface area (Å²) in [6.07, 6.45) is 1.20. The lowest BCUT2D eigenvalue weighted by Gasteiger charge is -2.38. The molecule has 0 N–H and O–H groups in total. The minimum atomic E-state index is -1.02. The molecule has 1 atom stereocenters. The van der Waals surface area contributed by atoms with Gasteiger partial charge in [0.1, 0.15) is 5.78 Å². The van der Waals surface area contributed by atoms with Gasteiger partial charge in [-0.2, -0.15) is 0 Å². The fraction of sp³-hybridized carbons (Fsp3) is 0.778. The summed E-state index contributed by atoms with van der Waals surface area (Å²) in [4.78, 5) is 21.7. The second-order valence-corrected chi connectivity index (χ2v) is 4.11. The summed E-state index contributed by atoms with van der Waals surface area (Å²) in [5.74, 6) is -1.32. The van der Waals surface area contributed by atoms with Gasteiger partial charge in [0.15, 0.2) is 0 Å². The van der Waals surface area contributed by atoms with Gasteiger partial charge in [0, 0.05) is 24.7 Å². The lowest BCUT2D eigenvalue weighted by molar-refractivity contribution is -0.315. The SMILES string of the molecule is CC1(C)CC(=O)CC[C@@H]1C(=O)[O-]. The summed E-state index contributed by atoms with van der Waals surface area (Å²) in [5, 5.41) is 10.7. The Balaban J connectivity index is 2.77. The highest BCUT2D eigenvalue weighted by atomic mass is 16.4. The van der Waals surface area contributed by atoms with Crippen LogP contribution in [0.3, 0.4) is 0 Å². The Bertz CT molecular complexity index is 218. The van der Waals surface area contributed by atoms with Crippen molar-refractivity contribution < 1.29 is 14.7 Å². The summed E-state index contributed by atoms with van der Waals surface area (Å²) in [5.41, 5.74) is -0.422. The summed E-state index contributed by atoms with van der Waals surface area (Å²) >= 11 is 0. The Labute approximate surface area is 71.8 Å². The predicted octanol–water partition coefficient (Wildman–Crippen LogP) is 0.132. The number of carbonyl (C=O) groups is 2. The molecule has 0 aromatic rings. The van der Waals surface area contributed by atoms with Crippen LogP contribution in [0.1, 0.15) is 33.1 Å². The van der Waals surface area contributed by atoms with Crippen LogP contribution in [0, 0.1) is 11.3 Å². The average Bonchev–Trinajstić information content (AvgIpc) is 1.82. The van der Waals surface area contributed by atoms with Crippen molar-refractivity contribution in [2.24, 2.45) is 11.3 Å². The van der Waals surface area contributed by atoms with E-state index < -0.39 is 17.3 Å². The first-order chi connectivity index (χ1) is 5.43. The Morgan fingerprint density at radius 3 is 2.58 bits per heavy atom. The Kier molecular flexibility index (Phi) is 2.22.